The summed E-state index contributed by atoms with van der Waals surface area (Å²) < 4.78 is 0. The van der Waals surface area contributed by atoms with Gasteiger partial charge in [0.25, 0.3) is 5.91 Å². The third kappa shape index (κ3) is 2.57. The number of pyridine rings is 1. The highest BCUT2D eigenvalue weighted by Crippen LogP contribution is 2.02. The zero-order chi connectivity index (χ0) is 11.2. The van der Waals surface area contributed by atoms with Crippen molar-refractivity contribution in [1.29, 1.82) is 0 Å². The monoisotopic (exact) mass is 213 g/mol. The van der Waals surface area contributed by atoms with E-state index in [1.807, 2.05) is 18.2 Å². The first-order valence-corrected chi connectivity index (χ1v) is 4.88. The summed E-state index contributed by atoms with van der Waals surface area (Å²) in [6.45, 7) is 0. The van der Waals surface area contributed by atoms with Crippen LogP contribution in [0.2, 0.25) is 0 Å². The molecule has 1 amide bonds. The molecule has 16 heavy (non-hydrogen) atoms. The third-order valence-corrected chi connectivity index (χ3v) is 2.04. The molecule has 0 spiro atoms. The van der Waals surface area contributed by atoms with Crippen molar-refractivity contribution in [1.82, 2.24) is 10.4 Å². The first-order chi connectivity index (χ1) is 7.86. The molecule has 80 valence electrons. The van der Waals surface area contributed by atoms with Crippen molar-refractivity contribution in [2.45, 2.75) is 0 Å². The van der Waals surface area contributed by atoms with Crippen LogP contribution in [0.5, 0.6) is 0 Å². The van der Waals surface area contributed by atoms with E-state index < -0.39 is 0 Å². The van der Waals surface area contributed by atoms with Gasteiger partial charge in [-0.1, -0.05) is 18.2 Å². The number of benzene rings is 1. The van der Waals surface area contributed by atoms with Crippen molar-refractivity contribution in [3.63, 3.8) is 0 Å². The first-order valence-electron chi connectivity index (χ1n) is 4.88. The molecular formula is C12H11N3O. The maximum absolute atomic E-state index is 11.6. The summed E-state index contributed by atoms with van der Waals surface area (Å²) in [4.78, 5) is 15.5. The highest BCUT2D eigenvalue weighted by atomic mass is 16.2. The van der Waals surface area contributed by atoms with Gasteiger partial charge in [-0.25, -0.2) is 0 Å². The molecule has 1 heterocycles. The Morgan fingerprint density at radius 1 is 1.00 bits per heavy atom. The molecule has 4 heteroatoms. The number of aromatic nitrogens is 1. The van der Waals surface area contributed by atoms with Crippen LogP contribution < -0.4 is 10.9 Å². The van der Waals surface area contributed by atoms with E-state index in [0.29, 0.717) is 5.56 Å². The molecule has 2 rings (SSSR count). The molecule has 0 aliphatic rings. The lowest BCUT2D eigenvalue weighted by molar-refractivity contribution is 0.0962. The Balaban J connectivity index is 1.95. The fourth-order valence-corrected chi connectivity index (χ4v) is 1.23. The molecule has 1 aromatic heterocycles. The summed E-state index contributed by atoms with van der Waals surface area (Å²) in [5.41, 5.74) is 6.81. The number of hydrazine groups is 1. The van der Waals surface area contributed by atoms with E-state index in [2.05, 4.69) is 15.8 Å². The van der Waals surface area contributed by atoms with E-state index in [0.717, 1.165) is 5.69 Å². The first kappa shape index (κ1) is 10.2. The van der Waals surface area contributed by atoms with Gasteiger partial charge in [0.05, 0.1) is 5.69 Å². The van der Waals surface area contributed by atoms with Crippen molar-refractivity contribution in [2.24, 2.45) is 0 Å². The second-order valence-corrected chi connectivity index (χ2v) is 3.18. The van der Waals surface area contributed by atoms with Gasteiger partial charge in [-0.3, -0.25) is 20.6 Å². The largest absolute Gasteiger partial charge is 0.298 e. The quantitative estimate of drug-likeness (QED) is 0.765. The van der Waals surface area contributed by atoms with Crippen molar-refractivity contribution >= 4 is 11.6 Å². The lowest BCUT2D eigenvalue weighted by Gasteiger charge is -2.07. The van der Waals surface area contributed by atoms with Crippen LogP contribution in [-0.4, -0.2) is 10.9 Å². The molecule has 0 unspecified atom stereocenters. The second kappa shape index (κ2) is 4.93. The molecule has 0 aliphatic heterocycles. The summed E-state index contributed by atoms with van der Waals surface area (Å²) in [6.07, 6.45) is 3.30. The van der Waals surface area contributed by atoms with Crippen LogP contribution in [0.4, 0.5) is 5.69 Å². The van der Waals surface area contributed by atoms with Gasteiger partial charge < -0.3 is 0 Å². The fraction of sp³-hybridized carbons (Fsp3) is 0. The van der Waals surface area contributed by atoms with Gasteiger partial charge in [0.1, 0.15) is 0 Å². The Bertz CT molecular complexity index is 456. The SMILES string of the molecule is O=C(NNc1ccncc1)c1ccccc1. The lowest BCUT2D eigenvalue weighted by atomic mass is 10.2. The van der Waals surface area contributed by atoms with Crippen LogP contribution in [0.3, 0.4) is 0 Å². The van der Waals surface area contributed by atoms with E-state index in [1.165, 1.54) is 0 Å². The van der Waals surface area contributed by atoms with Gasteiger partial charge in [0, 0.05) is 18.0 Å². The van der Waals surface area contributed by atoms with E-state index >= 15 is 0 Å². The van der Waals surface area contributed by atoms with E-state index in [1.54, 1.807) is 36.7 Å². The number of hydrogen-bond donors (Lipinski definition) is 2. The second-order valence-electron chi connectivity index (χ2n) is 3.18. The summed E-state index contributed by atoms with van der Waals surface area (Å²) in [6, 6.07) is 12.6. The smallest absolute Gasteiger partial charge is 0.269 e. The molecule has 2 N–H and O–H groups in total. The van der Waals surface area contributed by atoms with E-state index in [9.17, 15) is 4.79 Å². The number of nitrogens with one attached hydrogen (secondary N) is 2. The number of nitrogens with zero attached hydrogens (tertiary/aromatic N) is 1. The van der Waals surface area contributed by atoms with Gasteiger partial charge in [-0.15, -0.1) is 0 Å². The Morgan fingerprint density at radius 2 is 1.69 bits per heavy atom. The average molecular weight is 213 g/mol. The van der Waals surface area contributed by atoms with Crippen molar-refractivity contribution in [3.8, 4) is 0 Å². The van der Waals surface area contributed by atoms with Crippen LogP contribution in [0, 0.1) is 0 Å². The number of anilines is 1. The van der Waals surface area contributed by atoms with Gasteiger partial charge in [0.2, 0.25) is 0 Å². The van der Waals surface area contributed by atoms with Crippen LogP contribution >= 0.6 is 0 Å². The minimum absolute atomic E-state index is 0.169. The van der Waals surface area contributed by atoms with Gasteiger partial charge in [-0.2, -0.15) is 0 Å². The highest BCUT2D eigenvalue weighted by molar-refractivity contribution is 5.94. The molecule has 0 atom stereocenters. The molecule has 0 fully saturated rings. The third-order valence-electron chi connectivity index (χ3n) is 2.04. The maximum atomic E-state index is 11.6. The van der Waals surface area contributed by atoms with E-state index in [4.69, 9.17) is 0 Å². The van der Waals surface area contributed by atoms with Gasteiger partial charge >= 0.3 is 0 Å². The molecule has 0 saturated carbocycles. The molecule has 1 aromatic carbocycles. The number of carbonyl (C=O) groups excluding carboxylic acids is 1. The predicted octanol–water partition coefficient (Wildman–Crippen LogP) is 1.84. The lowest BCUT2D eigenvalue weighted by Crippen LogP contribution is -2.29. The van der Waals surface area contributed by atoms with Gasteiger partial charge in [-0.05, 0) is 24.3 Å². The molecular weight excluding hydrogens is 202 g/mol. The standard InChI is InChI=1S/C12H11N3O/c16-12(10-4-2-1-3-5-10)15-14-11-6-8-13-9-7-11/h1-9H,(H,13,14)(H,15,16). The summed E-state index contributed by atoms with van der Waals surface area (Å²) in [5.74, 6) is -0.169. The molecule has 2 aromatic rings. The predicted molar refractivity (Wildman–Crippen MR) is 61.8 cm³/mol. The number of hydrogen-bond acceptors (Lipinski definition) is 3. The van der Waals surface area contributed by atoms with Crippen molar-refractivity contribution < 1.29 is 4.79 Å². The summed E-state index contributed by atoms with van der Waals surface area (Å²) in [5, 5.41) is 0. The Labute approximate surface area is 93.3 Å². The molecule has 0 bridgehead atoms. The normalized spacial score (nSPS) is 9.50. The molecule has 0 radical (unpaired) electrons. The van der Waals surface area contributed by atoms with Crippen molar-refractivity contribution in [2.75, 3.05) is 5.43 Å². The Hall–Kier alpha value is -2.36. The minimum atomic E-state index is -0.169. The summed E-state index contributed by atoms with van der Waals surface area (Å²) >= 11 is 0. The highest BCUT2D eigenvalue weighted by Gasteiger charge is 2.02. The number of rotatable bonds is 3. The van der Waals surface area contributed by atoms with Crippen molar-refractivity contribution in [3.05, 3.63) is 60.4 Å². The van der Waals surface area contributed by atoms with Crippen LogP contribution in [0.25, 0.3) is 0 Å². The van der Waals surface area contributed by atoms with Crippen LogP contribution in [-0.2, 0) is 0 Å². The number of amides is 1. The zero-order valence-corrected chi connectivity index (χ0v) is 8.55. The summed E-state index contributed by atoms with van der Waals surface area (Å²) in [7, 11) is 0. The zero-order valence-electron chi connectivity index (χ0n) is 8.55. The van der Waals surface area contributed by atoms with E-state index in [-0.39, 0.29) is 5.91 Å². The molecule has 0 saturated heterocycles. The average Bonchev–Trinajstić information content (AvgIpc) is 2.38. The maximum Gasteiger partial charge on any atom is 0.269 e. The van der Waals surface area contributed by atoms with Crippen LogP contribution in [0.1, 0.15) is 10.4 Å². The van der Waals surface area contributed by atoms with Gasteiger partial charge in [0.15, 0.2) is 0 Å². The molecule has 4 nitrogen and oxygen atoms in total. The Kier molecular flexibility index (Phi) is 3.13. The topological polar surface area (TPSA) is 54.0 Å². The number of carbonyl (C=O) groups is 1. The Morgan fingerprint density at radius 3 is 2.38 bits per heavy atom. The minimum Gasteiger partial charge on any atom is -0.298 e. The van der Waals surface area contributed by atoms with Crippen LogP contribution in [0.15, 0.2) is 54.9 Å². The fourth-order valence-electron chi connectivity index (χ4n) is 1.23. The molecule has 0 aliphatic carbocycles.